The smallest absolute Gasteiger partial charge is 0.140 e. The third kappa shape index (κ3) is 2.57. The van der Waals surface area contributed by atoms with Crippen molar-refractivity contribution in [3.05, 3.63) is 72.1 Å². The summed E-state index contributed by atoms with van der Waals surface area (Å²) in [4.78, 5) is 4.48. The standard InChI is InChI=1S/C20H17N3O2/c1-13-19(24)18(16-11-14(12-21)7-8-17(16)25-13)23-10-9-22-20(23)15-5-3-2-4-6-15/h2-11,13,18-19,24H,1H3/t13?,18-,19-/m1/s1. The van der Waals surface area contributed by atoms with E-state index in [0.717, 1.165) is 17.0 Å². The molecule has 0 fully saturated rings. The lowest BCUT2D eigenvalue weighted by Crippen LogP contribution is -2.41. The van der Waals surface area contributed by atoms with Crippen molar-refractivity contribution in [2.75, 3.05) is 0 Å². The average Bonchev–Trinajstić information content (AvgIpc) is 3.12. The monoisotopic (exact) mass is 331 g/mol. The van der Waals surface area contributed by atoms with E-state index in [1.54, 1.807) is 24.4 Å². The highest BCUT2D eigenvalue weighted by molar-refractivity contribution is 5.56. The van der Waals surface area contributed by atoms with Gasteiger partial charge in [0.05, 0.1) is 17.7 Å². The van der Waals surface area contributed by atoms with Gasteiger partial charge in [0.1, 0.15) is 23.8 Å². The molecule has 0 spiro atoms. The Morgan fingerprint density at radius 2 is 2.00 bits per heavy atom. The van der Waals surface area contributed by atoms with Gasteiger partial charge in [-0.05, 0) is 25.1 Å². The summed E-state index contributed by atoms with van der Waals surface area (Å²) in [5.74, 6) is 1.46. The lowest BCUT2D eigenvalue weighted by molar-refractivity contribution is 0.00421. The summed E-state index contributed by atoms with van der Waals surface area (Å²) in [5.41, 5.74) is 2.30. The molecule has 3 atom stereocenters. The SMILES string of the molecule is CC1Oc2ccc(C#N)cc2[C@@H](n2ccnc2-c2ccccc2)[C@@H]1O. The Hall–Kier alpha value is -3.10. The maximum absolute atomic E-state index is 10.8. The van der Waals surface area contributed by atoms with Crippen LogP contribution in [0.15, 0.2) is 60.9 Å². The van der Waals surface area contributed by atoms with Crippen LogP contribution in [0.4, 0.5) is 0 Å². The van der Waals surface area contributed by atoms with Crippen LogP contribution in [0.5, 0.6) is 5.75 Å². The molecule has 1 unspecified atom stereocenters. The van der Waals surface area contributed by atoms with Gasteiger partial charge in [-0.2, -0.15) is 5.26 Å². The highest BCUT2D eigenvalue weighted by atomic mass is 16.5. The molecule has 0 amide bonds. The lowest BCUT2D eigenvalue weighted by atomic mass is 9.92. The van der Waals surface area contributed by atoms with E-state index in [4.69, 9.17) is 4.74 Å². The van der Waals surface area contributed by atoms with Gasteiger partial charge in [-0.15, -0.1) is 0 Å². The molecule has 2 heterocycles. The van der Waals surface area contributed by atoms with Crippen molar-refractivity contribution >= 4 is 0 Å². The van der Waals surface area contributed by atoms with Gasteiger partial charge in [0.15, 0.2) is 0 Å². The number of benzene rings is 2. The molecule has 0 saturated heterocycles. The van der Waals surface area contributed by atoms with Crippen molar-refractivity contribution in [2.45, 2.75) is 25.2 Å². The molecule has 1 aromatic heterocycles. The molecule has 2 aromatic carbocycles. The van der Waals surface area contributed by atoms with Crippen LogP contribution in [0.3, 0.4) is 0 Å². The molecule has 5 nitrogen and oxygen atoms in total. The largest absolute Gasteiger partial charge is 0.488 e. The zero-order valence-corrected chi connectivity index (χ0v) is 13.7. The number of aliphatic hydroxyl groups excluding tert-OH is 1. The number of ether oxygens (including phenoxy) is 1. The summed E-state index contributed by atoms with van der Waals surface area (Å²) in [6, 6.07) is 16.9. The highest BCUT2D eigenvalue weighted by Gasteiger charge is 2.37. The summed E-state index contributed by atoms with van der Waals surface area (Å²) in [7, 11) is 0. The number of hydrogen-bond acceptors (Lipinski definition) is 4. The first kappa shape index (κ1) is 15.4. The topological polar surface area (TPSA) is 71.1 Å². The molecule has 0 radical (unpaired) electrons. The first-order chi connectivity index (χ1) is 12.2. The fourth-order valence-electron chi connectivity index (χ4n) is 3.33. The Morgan fingerprint density at radius 3 is 2.76 bits per heavy atom. The van der Waals surface area contributed by atoms with Crippen LogP contribution in [-0.4, -0.2) is 26.9 Å². The van der Waals surface area contributed by atoms with E-state index >= 15 is 0 Å². The van der Waals surface area contributed by atoms with Gasteiger partial charge < -0.3 is 14.4 Å². The molecule has 3 aromatic rings. The van der Waals surface area contributed by atoms with E-state index < -0.39 is 6.10 Å². The van der Waals surface area contributed by atoms with Crippen LogP contribution < -0.4 is 4.74 Å². The Balaban J connectivity index is 1.89. The van der Waals surface area contributed by atoms with Crippen LogP contribution in [0.1, 0.15) is 24.1 Å². The first-order valence-corrected chi connectivity index (χ1v) is 8.16. The summed E-state index contributed by atoms with van der Waals surface area (Å²) < 4.78 is 7.78. The van der Waals surface area contributed by atoms with E-state index in [-0.39, 0.29) is 12.1 Å². The van der Waals surface area contributed by atoms with E-state index in [1.165, 1.54) is 0 Å². The third-order valence-electron chi connectivity index (χ3n) is 4.58. The second-order valence-corrected chi connectivity index (χ2v) is 6.15. The van der Waals surface area contributed by atoms with Crippen molar-refractivity contribution in [1.29, 1.82) is 5.26 Å². The van der Waals surface area contributed by atoms with Crippen LogP contribution in [0.2, 0.25) is 0 Å². The van der Waals surface area contributed by atoms with Gasteiger partial charge in [0.2, 0.25) is 0 Å². The molecule has 5 heteroatoms. The molecular weight excluding hydrogens is 314 g/mol. The Labute approximate surface area is 145 Å². The van der Waals surface area contributed by atoms with E-state index in [9.17, 15) is 10.4 Å². The van der Waals surface area contributed by atoms with Gasteiger partial charge in [-0.25, -0.2) is 4.98 Å². The maximum atomic E-state index is 10.8. The number of rotatable bonds is 2. The second kappa shape index (κ2) is 6.08. The van der Waals surface area contributed by atoms with E-state index in [2.05, 4.69) is 11.1 Å². The van der Waals surface area contributed by atoms with Crippen LogP contribution in [-0.2, 0) is 0 Å². The van der Waals surface area contributed by atoms with Crippen LogP contribution in [0.25, 0.3) is 11.4 Å². The lowest BCUT2D eigenvalue weighted by Gasteiger charge is -2.36. The van der Waals surface area contributed by atoms with Crippen molar-refractivity contribution in [2.24, 2.45) is 0 Å². The van der Waals surface area contributed by atoms with Crippen molar-refractivity contribution in [3.8, 4) is 23.2 Å². The molecule has 25 heavy (non-hydrogen) atoms. The van der Waals surface area contributed by atoms with Crippen LogP contribution >= 0.6 is 0 Å². The summed E-state index contributed by atoms with van der Waals surface area (Å²) in [5, 5.41) is 20.1. The Kier molecular flexibility index (Phi) is 3.75. The molecule has 0 saturated carbocycles. The summed E-state index contributed by atoms with van der Waals surface area (Å²) in [6.07, 6.45) is 2.47. The molecule has 124 valence electrons. The van der Waals surface area contributed by atoms with Gasteiger partial charge in [-0.1, -0.05) is 30.3 Å². The molecular formula is C20H17N3O2. The number of fused-ring (bicyclic) bond motifs is 1. The summed E-state index contributed by atoms with van der Waals surface area (Å²) in [6.45, 7) is 1.85. The molecule has 0 aliphatic carbocycles. The zero-order valence-electron chi connectivity index (χ0n) is 13.7. The fourth-order valence-corrected chi connectivity index (χ4v) is 3.33. The number of hydrogen-bond donors (Lipinski definition) is 1. The van der Waals surface area contributed by atoms with Gasteiger partial charge in [0, 0.05) is 23.5 Å². The number of nitriles is 1. The van der Waals surface area contributed by atoms with Crippen LogP contribution in [0, 0.1) is 11.3 Å². The predicted octanol–water partition coefficient (Wildman–Crippen LogP) is 3.15. The third-order valence-corrected chi connectivity index (χ3v) is 4.58. The Bertz CT molecular complexity index is 943. The fraction of sp³-hybridized carbons (Fsp3) is 0.200. The molecule has 4 rings (SSSR count). The maximum Gasteiger partial charge on any atom is 0.140 e. The van der Waals surface area contributed by atoms with Crippen molar-refractivity contribution in [3.63, 3.8) is 0 Å². The van der Waals surface area contributed by atoms with Crippen molar-refractivity contribution in [1.82, 2.24) is 9.55 Å². The predicted molar refractivity (Wildman–Crippen MR) is 93.1 cm³/mol. The number of nitrogens with zero attached hydrogens (tertiary/aromatic N) is 3. The number of imidazole rings is 1. The summed E-state index contributed by atoms with van der Waals surface area (Å²) >= 11 is 0. The molecule has 0 bridgehead atoms. The molecule has 1 N–H and O–H groups in total. The van der Waals surface area contributed by atoms with Gasteiger partial charge >= 0.3 is 0 Å². The van der Waals surface area contributed by atoms with Gasteiger partial charge in [-0.3, -0.25) is 0 Å². The minimum absolute atomic E-state index is 0.364. The minimum atomic E-state index is -0.752. The highest BCUT2D eigenvalue weighted by Crippen LogP contribution is 2.39. The van der Waals surface area contributed by atoms with Crippen molar-refractivity contribution < 1.29 is 9.84 Å². The van der Waals surface area contributed by atoms with E-state index in [1.807, 2.05) is 48.0 Å². The number of aliphatic hydroxyl groups is 1. The average molecular weight is 331 g/mol. The quantitative estimate of drug-likeness (QED) is 0.783. The van der Waals surface area contributed by atoms with Gasteiger partial charge in [0.25, 0.3) is 0 Å². The van der Waals surface area contributed by atoms with E-state index in [0.29, 0.717) is 11.3 Å². The molecule has 1 aliphatic heterocycles. The Morgan fingerprint density at radius 1 is 1.20 bits per heavy atom. The first-order valence-electron chi connectivity index (χ1n) is 8.16. The molecule has 1 aliphatic rings. The zero-order chi connectivity index (χ0) is 17.4. The number of aromatic nitrogens is 2. The second-order valence-electron chi connectivity index (χ2n) is 6.15. The minimum Gasteiger partial charge on any atom is -0.488 e. The normalized spacial score (nSPS) is 21.9.